The molecule has 0 saturated carbocycles. The number of rotatable bonds is 1. The average molecular weight is 141 g/mol. The molecule has 0 aromatic heterocycles. The van der Waals surface area contributed by atoms with Gasteiger partial charge in [0.15, 0.2) is 0 Å². The van der Waals surface area contributed by atoms with Gasteiger partial charge in [-0.05, 0) is 18.8 Å². The van der Waals surface area contributed by atoms with Gasteiger partial charge in [-0.25, -0.2) is 0 Å². The Balaban J connectivity index is 1.84. The Bertz CT molecular complexity index is 122. The van der Waals surface area contributed by atoms with E-state index in [2.05, 4.69) is 11.8 Å². The minimum absolute atomic E-state index is 0.476. The topological polar surface area (TPSA) is 12.2 Å². The van der Waals surface area contributed by atoms with E-state index in [4.69, 9.17) is 4.74 Å². The third-order valence-corrected chi connectivity index (χ3v) is 2.41. The first-order valence-corrected chi connectivity index (χ1v) is 4.22. The van der Waals surface area contributed by atoms with Crippen molar-refractivity contribution in [3.63, 3.8) is 0 Å². The number of ether oxygens (including phenoxy) is 1. The molecule has 0 aliphatic carbocycles. The molecule has 2 aliphatic heterocycles. The molecule has 2 heterocycles. The quantitative estimate of drug-likeness (QED) is 0.506. The first kappa shape index (κ1) is 6.62. The van der Waals surface area contributed by atoms with Crippen molar-refractivity contribution in [1.82, 2.24) is 4.90 Å². The van der Waals surface area contributed by atoms with Gasteiger partial charge in [-0.3, -0.25) is 4.90 Å². The Morgan fingerprint density at radius 2 is 2.20 bits per heavy atom. The second-order valence-corrected chi connectivity index (χ2v) is 3.49. The summed E-state index contributed by atoms with van der Waals surface area (Å²) in [5.41, 5.74) is 0. The minimum atomic E-state index is 0.476. The van der Waals surface area contributed by atoms with Crippen LogP contribution in [0.3, 0.4) is 0 Å². The number of hydrogen-bond donors (Lipinski definition) is 0. The summed E-state index contributed by atoms with van der Waals surface area (Å²) in [7, 11) is 0. The summed E-state index contributed by atoms with van der Waals surface area (Å²) >= 11 is 0. The first-order chi connectivity index (χ1) is 4.86. The van der Waals surface area contributed by atoms with Crippen LogP contribution in [0.25, 0.3) is 0 Å². The van der Waals surface area contributed by atoms with E-state index in [1.54, 1.807) is 0 Å². The van der Waals surface area contributed by atoms with E-state index in [0.717, 1.165) is 12.5 Å². The van der Waals surface area contributed by atoms with Gasteiger partial charge in [-0.2, -0.15) is 0 Å². The number of hydrogen-bond acceptors (Lipinski definition) is 2. The molecule has 0 bridgehead atoms. The fraction of sp³-hybridized carbons (Fsp3) is 1.00. The van der Waals surface area contributed by atoms with E-state index in [1.165, 1.54) is 25.9 Å². The van der Waals surface area contributed by atoms with E-state index >= 15 is 0 Å². The van der Waals surface area contributed by atoms with Crippen LogP contribution in [0.4, 0.5) is 0 Å². The summed E-state index contributed by atoms with van der Waals surface area (Å²) in [5.74, 6) is 0.874. The van der Waals surface area contributed by atoms with Gasteiger partial charge in [0.05, 0.1) is 0 Å². The average Bonchev–Trinajstić information content (AvgIpc) is 2.68. The molecule has 2 aliphatic rings. The molecule has 0 spiro atoms. The van der Waals surface area contributed by atoms with Crippen molar-refractivity contribution in [3.05, 3.63) is 0 Å². The van der Waals surface area contributed by atoms with Gasteiger partial charge >= 0.3 is 0 Å². The van der Waals surface area contributed by atoms with E-state index in [9.17, 15) is 0 Å². The molecule has 0 N–H and O–H groups in total. The summed E-state index contributed by atoms with van der Waals surface area (Å²) in [6.07, 6.45) is 2.98. The van der Waals surface area contributed by atoms with E-state index < -0.39 is 0 Å². The Labute approximate surface area is 62.2 Å². The van der Waals surface area contributed by atoms with Crippen molar-refractivity contribution in [3.8, 4) is 0 Å². The molecule has 2 fully saturated rings. The van der Waals surface area contributed by atoms with Crippen LogP contribution >= 0.6 is 0 Å². The molecule has 58 valence electrons. The fourth-order valence-corrected chi connectivity index (χ4v) is 1.54. The maximum absolute atomic E-state index is 5.60. The molecule has 0 unspecified atom stereocenters. The first-order valence-electron chi connectivity index (χ1n) is 4.22. The number of nitrogens with zero attached hydrogens (tertiary/aromatic N) is 1. The monoisotopic (exact) mass is 141 g/mol. The van der Waals surface area contributed by atoms with Crippen molar-refractivity contribution in [1.29, 1.82) is 0 Å². The van der Waals surface area contributed by atoms with Crippen LogP contribution in [-0.4, -0.2) is 30.8 Å². The second kappa shape index (κ2) is 2.51. The standard InChI is InChI=1S/C8H15NO/c1-7-2-5-10-8(6-7)9-3-4-9/h7-8H,2-6H2,1H3/t7-,8+/m0/s1. The zero-order valence-corrected chi connectivity index (χ0v) is 6.55. The van der Waals surface area contributed by atoms with E-state index in [0.29, 0.717) is 6.23 Å². The van der Waals surface area contributed by atoms with Crippen LogP contribution in [0.15, 0.2) is 0 Å². The molecular weight excluding hydrogens is 126 g/mol. The van der Waals surface area contributed by atoms with Crippen LogP contribution in [0.2, 0.25) is 0 Å². The van der Waals surface area contributed by atoms with Gasteiger partial charge in [0.25, 0.3) is 0 Å². The van der Waals surface area contributed by atoms with Gasteiger partial charge in [-0.15, -0.1) is 0 Å². The van der Waals surface area contributed by atoms with E-state index in [1.807, 2.05) is 0 Å². The van der Waals surface area contributed by atoms with Crippen molar-refractivity contribution in [2.24, 2.45) is 5.92 Å². The molecule has 10 heavy (non-hydrogen) atoms. The summed E-state index contributed by atoms with van der Waals surface area (Å²) in [6, 6.07) is 0. The lowest BCUT2D eigenvalue weighted by Gasteiger charge is -2.27. The summed E-state index contributed by atoms with van der Waals surface area (Å²) in [6.45, 7) is 5.82. The molecule has 0 aromatic rings. The Morgan fingerprint density at radius 1 is 1.40 bits per heavy atom. The molecule has 2 rings (SSSR count). The molecule has 0 aromatic carbocycles. The van der Waals surface area contributed by atoms with E-state index in [-0.39, 0.29) is 0 Å². The van der Waals surface area contributed by atoms with Gasteiger partial charge in [0.1, 0.15) is 6.23 Å². The normalized spacial score (nSPS) is 41.7. The summed E-state index contributed by atoms with van der Waals surface area (Å²) < 4.78 is 5.60. The molecule has 2 saturated heterocycles. The largest absolute Gasteiger partial charge is 0.363 e. The third-order valence-electron chi connectivity index (χ3n) is 2.41. The lowest BCUT2D eigenvalue weighted by molar-refractivity contribution is -0.0582. The molecule has 2 atom stereocenters. The Morgan fingerprint density at radius 3 is 2.80 bits per heavy atom. The highest BCUT2D eigenvalue weighted by molar-refractivity contribution is 4.79. The van der Waals surface area contributed by atoms with Crippen LogP contribution in [0.1, 0.15) is 19.8 Å². The Kier molecular flexibility index (Phi) is 1.66. The van der Waals surface area contributed by atoms with Crippen molar-refractivity contribution in [2.75, 3.05) is 19.7 Å². The highest BCUT2D eigenvalue weighted by Crippen LogP contribution is 2.25. The van der Waals surface area contributed by atoms with Crippen LogP contribution < -0.4 is 0 Å². The van der Waals surface area contributed by atoms with Gasteiger partial charge in [0, 0.05) is 19.7 Å². The van der Waals surface area contributed by atoms with Crippen molar-refractivity contribution >= 4 is 0 Å². The molecular formula is C8H15NO. The minimum Gasteiger partial charge on any atom is -0.363 e. The maximum atomic E-state index is 5.60. The lowest BCUT2D eigenvalue weighted by atomic mass is 10.0. The smallest absolute Gasteiger partial charge is 0.110 e. The summed E-state index contributed by atoms with van der Waals surface area (Å²) in [4.78, 5) is 2.40. The Hall–Kier alpha value is -0.0800. The zero-order valence-electron chi connectivity index (χ0n) is 6.55. The summed E-state index contributed by atoms with van der Waals surface area (Å²) in [5, 5.41) is 0. The fourth-order valence-electron chi connectivity index (χ4n) is 1.54. The van der Waals surface area contributed by atoms with Crippen molar-refractivity contribution in [2.45, 2.75) is 26.0 Å². The van der Waals surface area contributed by atoms with Gasteiger partial charge in [0.2, 0.25) is 0 Å². The molecule has 0 radical (unpaired) electrons. The van der Waals surface area contributed by atoms with Crippen LogP contribution in [0, 0.1) is 5.92 Å². The maximum Gasteiger partial charge on any atom is 0.110 e. The van der Waals surface area contributed by atoms with Crippen LogP contribution in [-0.2, 0) is 4.74 Å². The zero-order chi connectivity index (χ0) is 6.97. The van der Waals surface area contributed by atoms with Crippen LogP contribution in [0.5, 0.6) is 0 Å². The third kappa shape index (κ3) is 1.32. The lowest BCUT2D eigenvalue weighted by Crippen LogP contribution is -2.30. The predicted octanol–water partition coefficient (Wildman–Crippen LogP) is 1.07. The predicted molar refractivity (Wildman–Crippen MR) is 39.7 cm³/mol. The highest BCUT2D eigenvalue weighted by Gasteiger charge is 2.31. The molecule has 2 nitrogen and oxygen atoms in total. The van der Waals surface area contributed by atoms with Gasteiger partial charge < -0.3 is 4.74 Å². The highest BCUT2D eigenvalue weighted by atomic mass is 16.5. The molecule has 0 amide bonds. The van der Waals surface area contributed by atoms with Gasteiger partial charge in [-0.1, -0.05) is 6.92 Å². The molecule has 2 heteroatoms. The SMILES string of the molecule is C[C@H]1CCO[C@@H](N2CC2)C1. The second-order valence-electron chi connectivity index (χ2n) is 3.49. The van der Waals surface area contributed by atoms with Crippen molar-refractivity contribution < 1.29 is 4.74 Å².